The zero-order valence-corrected chi connectivity index (χ0v) is 13.7. The van der Waals surface area contributed by atoms with Crippen molar-refractivity contribution in [2.45, 2.75) is 64.8 Å². The third kappa shape index (κ3) is 2.27. The number of hydrogen-bond acceptors (Lipinski definition) is 2. The standard InChI is InChI=1S/C19H29NO/c1-17-7-14-8-18(2,11-17)13-19(9-14,12-17)10-15(20-3)16-5-4-6-21-16/h4-6,14-15,20H,7-13H2,1-3H3. The number of rotatable bonds is 4. The van der Waals surface area contributed by atoms with Crippen molar-refractivity contribution in [1.82, 2.24) is 5.32 Å². The van der Waals surface area contributed by atoms with Gasteiger partial charge in [0.15, 0.2) is 0 Å². The summed E-state index contributed by atoms with van der Waals surface area (Å²) < 4.78 is 5.69. The van der Waals surface area contributed by atoms with Crippen LogP contribution in [0, 0.1) is 22.2 Å². The smallest absolute Gasteiger partial charge is 0.120 e. The molecule has 0 aliphatic heterocycles. The molecule has 4 aliphatic rings. The zero-order chi connectivity index (χ0) is 14.7. The van der Waals surface area contributed by atoms with E-state index in [1.165, 1.54) is 44.9 Å². The van der Waals surface area contributed by atoms with Crippen LogP contribution in [0.25, 0.3) is 0 Å². The molecule has 4 aliphatic carbocycles. The molecule has 1 aromatic heterocycles. The van der Waals surface area contributed by atoms with Crippen molar-refractivity contribution in [2.75, 3.05) is 7.05 Å². The normalized spacial score (nSPS) is 46.0. The first-order valence-corrected chi connectivity index (χ1v) is 8.64. The second-order valence-electron chi connectivity index (χ2n) is 9.19. The van der Waals surface area contributed by atoms with Crippen LogP contribution in [0.1, 0.15) is 70.6 Å². The van der Waals surface area contributed by atoms with Crippen molar-refractivity contribution >= 4 is 0 Å². The first kappa shape index (κ1) is 13.9. The van der Waals surface area contributed by atoms with Crippen molar-refractivity contribution in [3.8, 4) is 0 Å². The number of hydrogen-bond donors (Lipinski definition) is 1. The van der Waals surface area contributed by atoms with E-state index in [-0.39, 0.29) is 0 Å². The summed E-state index contributed by atoms with van der Waals surface area (Å²) in [5.74, 6) is 2.09. The molecule has 116 valence electrons. The molecular formula is C19H29NO. The molecule has 4 bridgehead atoms. The van der Waals surface area contributed by atoms with Crippen LogP contribution in [0.2, 0.25) is 0 Å². The SMILES string of the molecule is CNC(CC12CC3CC(C)(CC(C)(C3)C1)C2)c1ccco1. The van der Waals surface area contributed by atoms with Gasteiger partial charge in [0, 0.05) is 0 Å². The Morgan fingerprint density at radius 3 is 2.43 bits per heavy atom. The van der Waals surface area contributed by atoms with Crippen LogP contribution in [-0.4, -0.2) is 7.05 Å². The van der Waals surface area contributed by atoms with E-state index < -0.39 is 0 Å². The van der Waals surface area contributed by atoms with E-state index in [9.17, 15) is 0 Å². The molecule has 1 N–H and O–H groups in total. The van der Waals surface area contributed by atoms with Gasteiger partial charge in [-0.2, -0.15) is 0 Å². The quantitative estimate of drug-likeness (QED) is 0.849. The second-order valence-corrected chi connectivity index (χ2v) is 9.19. The van der Waals surface area contributed by atoms with Crippen LogP contribution < -0.4 is 5.32 Å². The molecule has 0 spiro atoms. The Morgan fingerprint density at radius 1 is 1.19 bits per heavy atom. The minimum Gasteiger partial charge on any atom is -0.468 e. The molecule has 21 heavy (non-hydrogen) atoms. The van der Waals surface area contributed by atoms with E-state index in [1.807, 2.05) is 12.3 Å². The molecule has 5 rings (SSSR count). The number of nitrogens with one attached hydrogen (secondary N) is 1. The Kier molecular flexibility index (Phi) is 2.89. The van der Waals surface area contributed by atoms with Crippen molar-refractivity contribution < 1.29 is 4.42 Å². The highest BCUT2D eigenvalue weighted by Crippen LogP contribution is 2.71. The van der Waals surface area contributed by atoms with Gasteiger partial charge in [0.05, 0.1) is 12.3 Å². The largest absolute Gasteiger partial charge is 0.468 e. The predicted molar refractivity (Wildman–Crippen MR) is 85.0 cm³/mol. The van der Waals surface area contributed by atoms with Crippen molar-refractivity contribution in [3.05, 3.63) is 24.2 Å². The first-order chi connectivity index (χ1) is 9.93. The molecule has 3 atom stereocenters. The lowest BCUT2D eigenvalue weighted by Gasteiger charge is -2.66. The van der Waals surface area contributed by atoms with E-state index in [0.717, 1.165) is 11.7 Å². The highest BCUT2D eigenvalue weighted by molar-refractivity contribution is 5.13. The molecule has 3 unspecified atom stereocenters. The minimum absolute atomic E-state index is 0.378. The average Bonchev–Trinajstić information content (AvgIpc) is 2.85. The molecule has 2 nitrogen and oxygen atoms in total. The zero-order valence-electron chi connectivity index (χ0n) is 13.7. The van der Waals surface area contributed by atoms with Crippen LogP contribution in [0.5, 0.6) is 0 Å². The maximum atomic E-state index is 5.69. The monoisotopic (exact) mass is 287 g/mol. The fraction of sp³-hybridized carbons (Fsp3) is 0.789. The molecule has 4 fully saturated rings. The third-order valence-corrected chi connectivity index (χ3v) is 6.61. The van der Waals surface area contributed by atoms with Crippen molar-refractivity contribution in [3.63, 3.8) is 0 Å². The van der Waals surface area contributed by atoms with Gasteiger partial charge in [0.25, 0.3) is 0 Å². The molecule has 1 heterocycles. The van der Waals surface area contributed by atoms with Crippen molar-refractivity contribution in [1.29, 1.82) is 0 Å². The van der Waals surface area contributed by atoms with Crippen LogP contribution in [0.4, 0.5) is 0 Å². The van der Waals surface area contributed by atoms with Crippen LogP contribution in [0.3, 0.4) is 0 Å². The Morgan fingerprint density at radius 2 is 1.90 bits per heavy atom. The Bertz CT molecular complexity index is 502. The van der Waals surface area contributed by atoms with E-state index in [1.54, 1.807) is 0 Å². The first-order valence-electron chi connectivity index (χ1n) is 8.64. The van der Waals surface area contributed by atoms with Gasteiger partial charge in [0.1, 0.15) is 5.76 Å². The van der Waals surface area contributed by atoms with Gasteiger partial charge < -0.3 is 9.73 Å². The lowest BCUT2D eigenvalue weighted by molar-refractivity contribution is -0.150. The molecule has 0 saturated heterocycles. The maximum Gasteiger partial charge on any atom is 0.120 e. The van der Waals surface area contributed by atoms with Gasteiger partial charge >= 0.3 is 0 Å². The van der Waals surface area contributed by atoms with Gasteiger partial charge in [-0.25, -0.2) is 0 Å². The van der Waals surface area contributed by atoms with Gasteiger partial charge in [-0.05, 0) is 86.3 Å². The Balaban J connectivity index is 1.62. The van der Waals surface area contributed by atoms with Crippen LogP contribution in [-0.2, 0) is 0 Å². The highest BCUT2D eigenvalue weighted by Gasteiger charge is 2.60. The third-order valence-electron chi connectivity index (χ3n) is 6.61. The summed E-state index contributed by atoms with van der Waals surface area (Å²) in [6.45, 7) is 5.12. The van der Waals surface area contributed by atoms with Gasteiger partial charge in [0.2, 0.25) is 0 Å². The minimum atomic E-state index is 0.378. The topological polar surface area (TPSA) is 25.2 Å². The fourth-order valence-corrected chi connectivity index (χ4v) is 7.18. The lowest BCUT2D eigenvalue weighted by atomic mass is 9.39. The van der Waals surface area contributed by atoms with Gasteiger partial charge in [-0.1, -0.05) is 13.8 Å². The summed E-state index contributed by atoms with van der Waals surface area (Å²) in [5.41, 5.74) is 1.76. The summed E-state index contributed by atoms with van der Waals surface area (Å²) in [7, 11) is 2.08. The predicted octanol–water partition coefficient (Wildman–Crippen LogP) is 4.93. The van der Waals surface area contributed by atoms with Crippen LogP contribution in [0.15, 0.2) is 22.8 Å². The molecular weight excluding hydrogens is 258 g/mol. The summed E-state index contributed by atoms with van der Waals surface area (Å²) in [5, 5.41) is 3.51. The second kappa shape index (κ2) is 4.38. The average molecular weight is 287 g/mol. The van der Waals surface area contributed by atoms with Crippen molar-refractivity contribution in [2.24, 2.45) is 22.2 Å². The van der Waals surface area contributed by atoms with Gasteiger partial charge in [-0.3, -0.25) is 0 Å². The Hall–Kier alpha value is -0.760. The van der Waals surface area contributed by atoms with E-state index in [0.29, 0.717) is 22.3 Å². The molecule has 0 amide bonds. The van der Waals surface area contributed by atoms with E-state index in [2.05, 4.69) is 32.3 Å². The molecule has 1 aromatic rings. The summed E-state index contributed by atoms with van der Waals surface area (Å²) in [4.78, 5) is 0. The van der Waals surface area contributed by atoms with Gasteiger partial charge in [-0.15, -0.1) is 0 Å². The fourth-order valence-electron chi connectivity index (χ4n) is 7.18. The molecule has 0 radical (unpaired) electrons. The summed E-state index contributed by atoms with van der Waals surface area (Å²) >= 11 is 0. The highest BCUT2D eigenvalue weighted by atomic mass is 16.3. The van der Waals surface area contributed by atoms with Crippen LogP contribution >= 0.6 is 0 Å². The molecule has 2 heteroatoms. The number of furan rings is 1. The molecule has 0 aromatic carbocycles. The maximum absolute atomic E-state index is 5.69. The summed E-state index contributed by atoms with van der Waals surface area (Å²) in [6.07, 6.45) is 11.8. The Labute approximate surface area is 128 Å². The summed E-state index contributed by atoms with van der Waals surface area (Å²) in [6, 6.07) is 4.52. The molecule has 4 saturated carbocycles. The van der Waals surface area contributed by atoms with E-state index >= 15 is 0 Å². The lowest BCUT2D eigenvalue weighted by Crippen LogP contribution is -2.55. The van der Waals surface area contributed by atoms with E-state index in [4.69, 9.17) is 4.42 Å².